The fourth-order valence-corrected chi connectivity index (χ4v) is 2.79. The Bertz CT molecular complexity index is 745. The van der Waals surface area contributed by atoms with Crippen LogP contribution < -0.4 is 4.74 Å². The van der Waals surface area contributed by atoms with E-state index in [-0.39, 0.29) is 17.7 Å². The molecule has 0 saturated carbocycles. The molecular weight excluding hydrogens is 356 g/mol. The van der Waals surface area contributed by atoms with Crippen LogP contribution in [0.3, 0.4) is 0 Å². The van der Waals surface area contributed by atoms with E-state index in [2.05, 4.69) is 15.1 Å². The van der Waals surface area contributed by atoms with Crippen LogP contribution in [0.5, 0.6) is 6.01 Å². The highest BCUT2D eigenvalue weighted by Crippen LogP contribution is 2.24. The van der Waals surface area contributed by atoms with E-state index in [1.165, 1.54) is 35.2 Å². The summed E-state index contributed by atoms with van der Waals surface area (Å²) in [6, 6.07) is 0.224. The molecule has 1 fully saturated rings. The van der Waals surface area contributed by atoms with E-state index >= 15 is 0 Å². The molecule has 0 radical (unpaired) electrons. The van der Waals surface area contributed by atoms with Crippen molar-refractivity contribution in [1.82, 2.24) is 24.6 Å². The second-order valence-corrected chi connectivity index (χ2v) is 6.13. The fourth-order valence-electron chi connectivity index (χ4n) is 2.69. The molecule has 1 aliphatic rings. The van der Waals surface area contributed by atoms with Gasteiger partial charge in [0.25, 0.3) is 12.3 Å². The number of aryl methyl sites for hydroxylation is 1. The van der Waals surface area contributed by atoms with Crippen LogP contribution in [-0.4, -0.2) is 49.7 Å². The Morgan fingerprint density at radius 3 is 2.56 bits per heavy atom. The second kappa shape index (κ2) is 7.30. The minimum absolute atomic E-state index is 0.0575. The van der Waals surface area contributed by atoms with E-state index in [0.717, 1.165) is 0 Å². The summed E-state index contributed by atoms with van der Waals surface area (Å²) in [5.41, 5.74) is -0.543. The number of ether oxygens (including phenoxy) is 1. The average Bonchev–Trinajstić information content (AvgIpc) is 2.99. The molecule has 25 heavy (non-hydrogen) atoms. The first-order chi connectivity index (χ1) is 11.9. The summed E-state index contributed by atoms with van der Waals surface area (Å²) in [5, 5.41) is 4.09. The van der Waals surface area contributed by atoms with Crippen molar-refractivity contribution < 1.29 is 18.3 Å². The lowest BCUT2D eigenvalue weighted by Crippen LogP contribution is -2.42. The van der Waals surface area contributed by atoms with Gasteiger partial charge in [-0.25, -0.2) is 18.7 Å². The molecule has 0 bridgehead atoms. The van der Waals surface area contributed by atoms with Crippen LogP contribution >= 0.6 is 11.6 Å². The first-order valence-electron chi connectivity index (χ1n) is 7.69. The van der Waals surface area contributed by atoms with Crippen molar-refractivity contribution in [3.63, 3.8) is 0 Å². The van der Waals surface area contributed by atoms with Crippen LogP contribution in [0, 0.1) is 0 Å². The standard InChI is InChI=1S/C15H16ClF2N5O2/c1-22-8-11(12(21-22)13(17)18)14(24)23-4-2-10(3-5-23)25-15-19-6-9(16)7-20-15/h6-8,10,13H,2-5H2,1H3. The molecule has 1 aliphatic heterocycles. The summed E-state index contributed by atoms with van der Waals surface area (Å²) < 4.78 is 32.9. The van der Waals surface area contributed by atoms with E-state index in [0.29, 0.717) is 31.0 Å². The van der Waals surface area contributed by atoms with Gasteiger partial charge in [-0.3, -0.25) is 9.48 Å². The third kappa shape index (κ3) is 4.04. The predicted molar refractivity (Wildman–Crippen MR) is 84.8 cm³/mol. The number of aromatic nitrogens is 4. The Labute approximate surface area is 147 Å². The van der Waals surface area contributed by atoms with Gasteiger partial charge in [0.1, 0.15) is 11.8 Å². The van der Waals surface area contributed by atoms with E-state index in [4.69, 9.17) is 16.3 Å². The number of likely N-dealkylation sites (tertiary alicyclic amines) is 1. The van der Waals surface area contributed by atoms with Crippen molar-refractivity contribution in [2.24, 2.45) is 7.05 Å². The maximum atomic E-state index is 13.0. The Kier molecular flexibility index (Phi) is 5.12. The highest BCUT2D eigenvalue weighted by atomic mass is 35.5. The fraction of sp³-hybridized carbons (Fsp3) is 0.467. The van der Waals surface area contributed by atoms with Gasteiger partial charge < -0.3 is 9.64 Å². The lowest BCUT2D eigenvalue weighted by molar-refractivity contribution is 0.0569. The number of halogens is 3. The molecule has 3 rings (SSSR count). The molecule has 0 unspecified atom stereocenters. The largest absolute Gasteiger partial charge is 0.460 e. The van der Waals surface area contributed by atoms with E-state index in [1.807, 2.05) is 0 Å². The number of nitrogens with zero attached hydrogens (tertiary/aromatic N) is 5. The number of hydrogen-bond donors (Lipinski definition) is 0. The molecule has 1 saturated heterocycles. The van der Waals surface area contributed by atoms with E-state index in [9.17, 15) is 13.6 Å². The predicted octanol–water partition coefficient (Wildman–Crippen LogP) is 2.48. The molecule has 0 N–H and O–H groups in total. The van der Waals surface area contributed by atoms with Crippen molar-refractivity contribution >= 4 is 17.5 Å². The Balaban J connectivity index is 1.60. The van der Waals surface area contributed by atoms with Gasteiger partial charge >= 0.3 is 6.01 Å². The lowest BCUT2D eigenvalue weighted by atomic mass is 10.1. The Morgan fingerprint density at radius 2 is 1.96 bits per heavy atom. The summed E-state index contributed by atoms with van der Waals surface area (Å²) in [5.74, 6) is -0.440. The van der Waals surface area contributed by atoms with Gasteiger partial charge in [0.05, 0.1) is 23.0 Å². The van der Waals surface area contributed by atoms with Crippen LogP contribution in [-0.2, 0) is 7.05 Å². The minimum atomic E-state index is -2.79. The summed E-state index contributed by atoms with van der Waals surface area (Å²) in [6.07, 6.45) is 2.39. The number of piperidine rings is 1. The van der Waals surface area contributed by atoms with Crippen LogP contribution in [0.2, 0.25) is 5.02 Å². The average molecular weight is 372 g/mol. The number of amides is 1. The van der Waals surface area contributed by atoms with Crippen molar-refractivity contribution in [2.45, 2.75) is 25.4 Å². The summed E-state index contributed by atoms with van der Waals surface area (Å²) in [7, 11) is 1.51. The molecule has 134 valence electrons. The molecule has 2 aromatic rings. The second-order valence-electron chi connectivity index (χ2n) is 5.70. The molecule has 1 amide bonds. The van der Waals surface area contributed by atoms with Crippen LogP contribution in [0.4, 0.5) is 8.78 Å². The lowest BCUT2D eigenvalue weighted by Gasteiger charge is -2.31. The SMILES string of the molecule is Cn1cc(C(=O)N2CCC(Oc3ncc(Cl)cn3)CC2)c(C(F)F)n1. The molecule has 0 aromatic carbocycles. The van der Waals surface area contributed by atoms with Gasteiger partial charge in [-0.15, -0.1) is 0 Å². The van der Waals surface area contributed by atoms with E-state index in [1.54, 1.807) is 0 Å². The maximum absolute atomic E-state index is 13.0. The van der Waals surface area contributed by atoms with Crippen molar-refractivity contribution in [3.8, 4) is 6.01 Å². The third-order valence-corrected chi connectivity index (χ3v) is 4.09. The highest BCUT2D eigenvalue weighted by Gasteiger charge is 2.29. The summed E-state index contributed by atoms with van der Waals surface area (Å²) in [4.78, 5) is 22.0. The molecule has 0 spiro atoms. The molecule has 2 aromatic heterocycles. The van der Waals surface area contributed by atoms with Gasteiger partial charge in [-0.2, -0.15) is 5.10 Å². The third-order valence-electron chi connectivity index (χ3n) is 3.89. The Morgan fingerprint density at radius 1 is 1.32 bits per heavy atom. The van der Waals surface area contributed by atoms with E-state index < -0.39 is 18.0 Å². The molecule has 10 heteroatoms. The van der Waals surface area contributed by atoms with Gasteiger partial charge in [-0.1, -0.05) is 11.6 Å². The number of carbonyl (C=O) groups is 1. The first kappa shape index (κ1) is 17.5. The quantitative estimate of drug-likeness (QED) is 0.825. The zero-order chi connectivity index (χ0) is 18.0. The zero-order valence-electron chi connectivity index (χ0n) is 13.4. The van der Waals surface area contributed by atoms with Crippen LogP contribution in [0.1, 0.15) is 35.3 Å². The van der Waals surface area contributed by atoms with Gasteiger partial charge in [0.2, 0.25) is 0 Å². The highest BCUT2D eigenvalue weighted by molar-refractivity contribution is 6.30. The first-order valence-corrected chi connectivity index (χ1v) is 8.07. The number of carbonyl (C=O) groups excluding carboxylic acids is 1. The van der Waals surface area contributed by atoms with Crippen molar-refractivity contribution in [2.75, 3.05) is 13.1 Å². The molecule has 0 atom stereocenters. The van der Waals surface area contributed by atoms with Crippen LogP contribution in [0.25, 0.3) is 0 Å². The molecule has 0 aliphatic carbocycles. The Hall–Kier alpha value is -2.29. The normalized spacial score (nSPS) is 15.6. The summed E-state index contributed by atoms with van der Waals surface area (Å²) in [6.45, 7) is 0.795. The monoisotopic (exact) mass is 371 g/mol. The maximum Gasteiger partial charge on any atom is 0.316 e. The van der Waals surface area contributed by atoms with Gasteiger partial charge in [-0.05, 0) is 0 Å². The van der Waals surface area contributed by atoms with Crippen molar-refractivity contribution in [3.05, 3.63) is 34.9 Å². The van der Waals surface area contributed by atoms with Crippen molar-refractivity contribution in [1.29, 1.82) is 0 Å². The number of rotatable bonds is 4. The van der Waals surface area contributed by atoms with Crippen LogP contribution in [0.15, 0.2) is 18.6 Å². The smallest absolute Gasteiger partial charge is 0.316 e. The topological polar surface area (TPSA) is 73.1 Å². The van der Waals surface area contributed by atoms with Gasteiger partial charge in [0, 0.05) is 39.2 Å². The summed E-state index contributed by atoms with van der Waals surface area (Å²) >= 11 is 5.72. The number of hydrogen-bond acceptors (Lipinski definition) is 5. The minimum Gasteiger partial charge on any atom is -0.460 e. The molecular formula is C15H16ClF2N5O2. The molecule has 7 nitrogen and oxygen atoms in total. The number of alkyl halides is 2. The molecule has 3 heterocycles. The zero-order valence-corrected chi connectivity index (χ0v) is 14.2. The van der Waals surface area contributed by atoms with Gasteiger partial charge in [0.15, 0.2) is 0 Å².